The second-order valence-corrected chi connectivity index (χ2v) is 5.05. The van der Waals surface area contributed by atoms with Gasteiger partial charge in [0.15, 0.2) is 0 Å². The number of benzene rings is 2. The van der Waals surface area contributed by atoms with Crippen LogP contribution in [0.1, 0.15) is 23.0 Å². The van der Waals surface area contributed by atoms with Gasteiger partial charge in [-0.05, 0) is 29.7 Å². The number of imidazole rings is 1. The van der Waals surface area contributed by atoms with Gasteiger partial charge in [0.1, 0.15) is 5.82 Å². The fraction of sp³-hybridized carbons (Fsp3) is 0.188. The van der Waals surface area contributed by atoms with Crippen LogP contribution in [0.25, 0.3) is 11.0 Å². The number of rotatable bonds is 1. The smallest absolute Gasteiger partial charge is 0.124 e. The summed E-state index contributed by atoms with van der Waals surface area (Å²) in [5.74, 6) is 1.04. The zero-order chi connectivity index (χ0) is 12.7. The van der Waals surface area contributed by atoms with Gasteiger partial charge < -0.3 is 10.3 Å². The molecule has 1 atom stereocenters. The van der Waals surface area contributed by atoms with E-state index < -0.39 is 0 Å². The molecule has 1 aromatic heterocycles. The van der Waals surface area contributed by atoms with Crippen LogP contribution in [0.2, 0.25) is 0 Å². The van der Waals surface area contributed by atoms with Crippen LogP contribution in [0.3, 0.4) is 0 Å². The number of nitrogens with zero attached hydrogens (tertiary/aromatic N) is 1. The average Bonchev–Trinajstić information content (AvgIpc) is 2.90. The SMILES string of the molecule is c1ccc2c(c1)CNC(c1nc3ccccc3[nH]1)C2. The van der Waals surface area contributed by atoms with Crippen LogP contribution >= 0.6 is 0 Å². The third-order valence-electron chi connectivity index (χ3n) is 3.82. The Kier molecular flexibility index (Phi) is 2.38. The highest BCUT2D eigenvalue weighted by Gasteiger charge is 2.21. The van der Waals surface area contributed by atoms with E-state index in [-0.39, 0.29) is 6.04 Å². The van der Waals surface area contributed by atoms with E-state index in [1.165, 1.54) is 11.1 Å². The molecule has 2 N–H and O–H groups in total. The fourth-order valence-corrected chi connectivity index (χ4v) is 2.79. The van der Waals surface area contributed by atoms with Gasteiger partial charge in [-0.2, -0.15) is 0 Å². The molecular formula is C16H15N3. The first kappa shape index (κ1) is 10.8. The van der Waals surface area contributed by atoms with E-state index in [0.717, 1.165) is 29.8 Å². The van der Waals surface area contributed by atoms with Crippen molar-refractivity contribution in [3.05, 3.63) is 65.5 Å². The molecule has 2 aromatic carbocycles. The normalized spacial score (nSPS) is 18.4. The highest BCUT2D eigenvalue weighted by atomic mass is 15.0. The lowest BCUT2D eigenvalue weighted by Crippen LogP contribution is -2.29. The molecule has 94 valence electrons. The molecule has 0 bridgehead atoms. The number of nitrogens with one attached hydrogen (secondary N) is 2. The summed E-state index contributed by atoms with van der Waals surface area (Å²) in [5.41, 5.74) is 4.97. The Hall–Kier alpha value is -2.13. The van der Waals surface area contributed by atoms with E-state index in [9.17, 15) is 0 Å². The van der Waals surface area contributed by atoms with Gasteiger partial charge in [-0.15, -0.1) is 0 Å². The lowest BCUT2D eigenvalue weighted by atomic mass is 9.96. The third kappa shape index (κ3) is 1.83. The lowest BCUT2D eigenvalue weighted by molar-refractivity contribution is 0.481. The molecular weight excluding hydrogens is 234 g/mol. The van der Waals surface area contributed by atoms with Crippen molar-refractivity contribution in [1.82, 2.24) is 15.3 Å². The van der Waals surface area contributed by atoms with Crippen LogP contribution in [0.4, 0.5) is 0 Å². The first-order valence-corrected chi connectivity index (χ1v) is 6.65. The van der Waals surface area contributed by atoms with E-state index in [4.69, 9.17) is 4.98 Å². The topological polar surface area (TPSA) is 40.7 Å². The van der Waals surface area contributed by atoms with Gasteiger partial charge in [0.05, 0.1) is 17.1 Å². The van der Waals surface area contributed by atoms with Crippen LogP contribution in [0.5, 0.6) is 0 Å². The Labute approximate surface area is 111 Å². The highest BCUT2D eigenvalue weighted by Crippen LogP contribution is 2.25. The molecule has 19 heavy (non-hydrogen) atoms. The van der Waals surface area contributed by atoms with Gasteiger partial charge in [0.2, 0.25) is 0 Å². The zero-order valence-electron chi connectivity index (χ0n) is 10.6. The van der Waals surface area contributed by atoms with Crippen molar-refractivity contribution < 1.29 is 0 Å². The van der Waals surface area contributed by atoms with Crippen molar-refractivity contribution >= 4 is 11.0 Å². The molecule has 3 heteroatoms. The van der Waals surface area contributed by atoms with Crippen molar-refractivity contribution in [2.45, 2.75) is 19.0 Å². The molecule has 1 aliphatic rings. The molecule has 0 saturated heterocycles. The maximum atomic E-state index is 4.69. The summed E-state index contributed by atoms with van der Waals surface area (Å²) in [6, 6.07) is 17.1. The molecule has 0 aliphatic carbocycles. The molecule has 0 fully saturated rings. The van der Waals surface area contributed by atoms with Crippen molar-refractivity contribution in [2.75, 3.05) is 0 Å². The van der Waals surface area contributed by atoms with Gasteiger partial charge in [-0.25, -0.2) is 4.98 Å². The van der Waals surface area contributed by atoms with E-state index in [1.54, 1.807) is 0 Å². The Morgan fingerprint density at radius 3 is 2.63 bits per heavy atom. The largest absolute Gasteiger partial charge is 0.341 e. The molecule has 1 aliphatic heterocycles. The van der Waals surface area contributed by atoms with Crippen LogP contribution in [0.15, 0.2) is 48.5 Å². The third-order valence-corrected chi connectivity index (χ3v) is 3.82. The minimum absolute atomic E-state index is 0.280. The monoisotopic (exact) mass is 249 g/mol. The average molecular weight is 249 g/mol. The molecule has 2 heterocycles. The van der Waals surface area contributed by atoms with E-state index in [0.29, 0.717) is 0 Å². The quantitative estimate of drug-likeness (QED) is 0.696. The first-order chi connectivity index (χ1) is 9.40. The Morgan fingerprint density at radius 2 is 1.74 bits per heavy atom. The molecule has 0 spiro atoms. The highest BCUT2D eigenvalue weighted by molar-refractivity contribution is 5.74. The number of fused-ring (bicyclic) bond motifs is 2. The van der Waals surface area contributed by atoms with Gasteiger partial charge in [-0.1, -0.05) is 36.4 Å². The number of hydrogen-bond donors (Lipinski definition) is 2. The minimum atomic E-state index is 0.280. The van der Waals surface area contributed by atoms with Crippen LogP contribution in [0, 0.1) is 0 Å². The fourth-order valence-electron chi connectivity index (χ4n) is 2.79. The molecule has 4 rings (SSSR count). The predicted octanol–water partition coefficient (Wildman–Crippen LogP) is 2.95. The molecule has 1 unspecified atom stereocenters. The van der Waals surface area contributed by atoms with Crippen molar-refractivity contribution in [1.29, 1.82) is 0 Å². The van der Waals surface area contributed by atoms with Gasteiger partial charge in [0, 0.05) is 6.54 Å². The summed E-state index contributed by atoms with van der Waals surface area (Å²) in [6.45, 7) is 0.915. The maximum Gasteiger partial charge on any atom is 0.124 e. The minimum Gasteiger partial charge on any atom is -0.341 e. The van der Waals surface area contributed by atoms with Gasteiger partial charge in [0.25, 0.3) is 0 Å². The number of para-hydroxylation sites is 2. The van der Waals surface area contributed by atoms with E-state index in [1.807, 2.05) is 18.2 Å². The first-order valence-electron chi connectivity index (χ1n) is 6.65. The van der Waals surface area contributed by atoms with E-state index >= 15 is 0 Å². The summed E-state index contributed by atoms with van der Waals surface area (Å²) < 4.78 is 0. The Morgan fingerprint density at radius 1 is 0.947 bits per heavy atom. The second kappa shape index (κ2) is 4.21. The number of H-pyrrole nitrogens is 1. The maximum absolute atomic E-state index is 4.69. The summed E-state index contributed by atoms with van der Waals surface area (Å²) >= 11 is 0. The predicted molar refractivity (Wildman–Crippen MR) is 75.8 cm³/mol. The number of aromatic amines is 1. The van der Waals surface area contributed by atoms with Crippen molar-refractivity contribution in [3.63, 3.8) is 0 Å². The van der Waals surface area contributed by atoms with Crippen molar-refractivity contribution in [2.24, 2.45) is 0 Å². The standard InChI is InChI=1S/C16H15N3/c1-2-6-12-10-17-15(9-11(12)5-1)16-18-13-7-3-4-8-14(13)19-16/h1-8,15,17H,9-10H2,(H,18,19). The summed E-state index contributed by atoms with van der Waals surface area (Å²) in [5, 5.41) is 3.56. The summed E-state index contributed by atoms with van der Waals surface area (Å²) in [7, 11) is 0. The van der Waals surface area contributed by atoms with Crippen LogP contribution < -0.4 is 5.32 Å². The van der Waals surface area contributed by atoms with Gasteiger partial charge >= 0.3 is 0 Å². The zero-order valence-corrected chi connectivity index (χ0v) is 10.6. The second-order valence-electron chi connectivity index (χ2n) is 5.05. The molecule has 3 nitrogen and oxygen atoms in total. The van der Waals surface area contributed by atoms with Gasteiger partial charge in [-0.3, -0.25) is 0 Å². The lowest BCUT2D eigenvalue weighted by Gasteiger charge is -2.24. The van der Waals surface area contributed by atoms with Crippen LogP contribution in [-0.4, -0.2) is 9.97 Å². The van der Waals surface area contributed by atoms with Crippen molar-refractivity contribution in [3.8, 4) is 0 Å². The number of aromatic nitrogens is 2. The Bertz CT molecular complexity index is 696. The molecule has 3 aromatic rings. The molecule has 0 amide bonds. The Balaban J connectivity index is 1.70. The van der Waals surface area contributed by atoms with Crippen LogP contribution in [-0.2, 0) is 13.0 Å². The molecule has 0 radical (unpaired) electrons. The summed E-state index contributed by atoms with van der Waals surface area (Å²) in [6.07, 6.45) is 0.996. The van der Waals surface area contributed by atoms with E-state index in [2.05, 4.69) is 40.6 Å². The summed E-state index contributed by atoms with van der Waals surface area (Å²) in [4.78, 5) is 8.11. The molecule has 0 saturated carbocycles. The number of hydrogen-bond acceptors (Lipinski definition) is 2.